The van der Waals surface area contributed by atoms with Crippen LogP contribution in [0.15, 0.2) is 18.2 Å². The normalized spacial score (nSPS) is 10.8. The van der Waals surface area contributed by atoms with E-state index in [1.54, 1.807) is 0 Å². The lowest BCUT2D eigenvalue weighted by Crippen LogP contribution is -2.22. The van der Waals surface area contributed by atoms with Gasteiger partial charge < -0.3 is 10.4 Å². The minimum Gasteiger partial charge on any atom is -0.480 e. The summed E-state index contributed by atoms with van der Waals surface area (Å²) in [5.74, 6) is -0.323. The van der Waals surface area contributed by atoms with Gasteiger partial charge >= 0.3 is 5.97 Å². The molecule has 0 unspecified atom stereocenters. The molecule has 0 heterocycles. The number of aryl methyl sites for hydroxylation is 1. The van der Waals surface area contributed by atoms with Gasteiger partial charge in [0.15, 0.2) is 0 Å². The topological polar surface area (TPSA) is 49.3 Å². The Kier molecular flexibility index (Phi) is 4.50. The summed E-state index contributed by atoms with van der Waals surface area (Å²) >= 11 is 0. The van der Waals surface area contributed by atoms with Gasteiger partial charge in [0.25, 0.3) is 0 Å². The SMILES string of the molecule is Cc1ccc(C(C)C)cc1CNCC(=O)O. The van der Waals surface area contributed by atoms with Crippen molar-refractivity contribution in [2.45, 2.75) is 33.2 Å². The lowest BCUT2D eigenvalue weighted by atomic mass is 9.98. The fraction of sp³-hybridized carbons (Fsp3) is 0.462. The molecule has 1 aromatic carbocycles. The van der Waals surface area contributed by atoms with Crippen LogP contribution in [0, 0.1) is 6.92 Å². The maximum atomic E-state index is 10.4. The summed E-state index contributed by atoms with van der Waals surface area (Å²) in [6.07, 6.45) is 0. The summed E-state index contributed by atoms with van der Waals surface area (Å²) in [7, 11) is 0. The monoisotopic (exact) mass is 221 g/mol. The molecule has 0 radical (unpaired) electrons. The molecule has 0 aliphatic carbocycles. The molecule has 1 rings (SSSR count). The first-order valence-electron chi connectivity index (χ1n) is 5.52. The van der Waals surface area contributed by atoms with E-state index in [2.05, 4.69) is 37.4 Å². The number of carboxylic acids is 1. The minimum atomic E-state index is -0.822. The van der Waals surface area contributed by atoms with Crippen molar-refractivity contribution in [1.82, 2.24) is 5.32 Å². The van der Waals surface area contributed by atoms with E-state index < -0.39 is 5.97 Å². The van der Waals surface area contributed by atoms with Crippen molar-refractivity contribution in [2.24, 2.45) is 0 Å². The van der Waals surface area contributed by atoms with Crippen LogP contribution >= 0.6 is 0 Å². The first kappa shape index (κ1) is 12.7. The molecule has 0 atom stereocenters. The molecule has 0 saturated carbocycles. The van der Waals surface area contributed by atoms with Gasteiger partial charge in [-0.1, -0.05) is 32.0 Å². The highest BCUT2D eigenvalue weighted by Crippen LogP contribution is 2.18. The molecule has 0 aromatic heterocycles. The highest BCUT2D eigenvalue weighted by Gasteiger charge is 2.04. The Labute approximate surface area is 96.5 Å². The molecule has 0 spiro atoms. The molecule has 3 heteroatoms. The second-order valence-corrected chi connectivity index (χ2v) is 4.34. The third-order valence-electron chi connectivity index (χ3n) is 2.63. The van der Waals surface area contributed by atoms with Crippen LogP contribution in [0.25, 0.3) is 0 Å². The summed E-state index contributed by atoms with van der Waals surface area (Å²) in [4.78, 5) is 10.4. The highest BCUT2D eigenvalue weighted by molar-refractivity contribution is 5.69. The van der Waals surface area contributed by atoms with Crippen LogP contribution in [-0.2, 0) is 11.3 Å². The van der Waals surface area contributed by atoms with E-state index in [1.807, 2.05) is 6.92 Å². The van der Waals surface area contributed by atoms with E-state index in [0.29, 0.717) is 12.5 Å². The van der Waals surface area contributed by atoms with Crippen LogP contribution in [0.1, 0.15) is 36.5 Å². The Hall–Kier alpha value is -1.35. The van der Waals surface area contributed by atoms with Gasteiger partial charge in [-0.05, 0) is 29.5 Å². The fourth-order valence-electron chi connectivity index (χ4n) is 1.55. The first-order valence-corrected chi connectivity index (χ1v) is 5.52. The zero-order chi connectivity index (χ0) is 12.1. The fourth-order valence-corrected chi connectivity index (χ4v) is 1.55. The van der Waals surface area contributed by atoms with E-state index in [0.717, 1.165) is 0 Å². The molecule has 16 heavy (non-hydrogen) atoms. The third-order valence-corrected chi connectivity index (χ3v) is 2.63. The third kappa shape index (κ3) is 3.66. The van der Waals surface area contributed by atoms with Crippen molar-refractivity contribution in [3.63, 3.8) is 0 Å². The predicted molar refractivity (Wildman–Crippen MR) is 64.6 cm³/mol. The summed E-state index contributed by atoms with van der Waals surface area (Å²) in [6, 6.07) is 6.36. The van der Waals surface area contributed by atoms with Gasteiger partial charge in [0.2, 0.25) is 0 Å². The van der Waals surface area contributed by atoms with Crippen LogP contribution in [0.3, 0.4) is 0 Å². The number of carbonyl (C=O) groups is 1. The first-order chi connectivity index (χ1) is 7.50. The maximum absolute atomic E-state index is 10.4. The molecular weight excluding hydrogens is 202 g/mol. The van der Waals surface area contributed by atoms with Crippen molar-refractivity contribution in [3.05, 3.63) is 34.9 Å². The van der Waals surface area contributed by atoms with Crippen LogP contribution in [0.2, 0.25) is 0 Å². The standard InChI is InChI=1S/C13H19NO2/c1-9(2)11-5-4-10(3)12(6-11)7-14-8-13(15)16/h4-6,9,14H,7-8H2,1-3H3,(H,15,16). The summed E-state index contributed by atoms with van der Waals surface area (Å²) < 4.78 is 0. The molecule has 0 amide bonds. The van der Waals surface area contributed by atoms with E-state index in [1.165, 1.54) is 16.7 Å². The van der Waals surface area contributed by atoms with Gasteiger partial charge in [-0.25, -0.2) is 0 Å². The van der Waals surface area contributed by atoms with Gasteiger partial charge in [0.05, 0.1) is 6.54 Å². The Morgan fingerprint density at radius 3 is 2.69 bits per heavy atom. The van der Waals surface area contributed by atoms with Gasteiger partial charge in [-0.2, -0.15) is 0 Å². The summed E-state index contributed by atoms with van der Waals surface area (Å²) in [5.41, 5.74) is 3.66. The van der Waals surface area contributed by atoms with Gasteiger partial charge in [-0.15, -0.1) is 0 Å². The minimum absolute atomic E-state index is 0.00530. The van der Waals surface area contributed by atoms with Crippen molar-refractivity contribution in [2.75, 3.05) is 6.54 Å². The molecule has 2 N–H and O–H groups in total. The molecule has 0 fully saturated rings. The quantitative estimate of drug-likeness (QED) is 0.802. The summed E-state index contributed by atoms with van der Waals surface area (Å²) in [5, 5.41) is 11.4. The average Bonchev–Trinajstić information content (AvgIpc) is 2.20. The van der Waals surface area contributed by atoms with Crippen LogP contribution in [0.4, 0.5) is 0 Å². The molecule has 0 aliphatic rings. The van der Waals surface area contributed by atoms with Crippen molar-refractivity contribution < 1.29 is 9.90 Å². The number of nitrogens with one attached hydrogen (secondary N) is 1. The molecular formula is C13H19NO2. The van der Waals surface area contributed by atoms with E-state index in [9.17, 15) is 4.79 Å². The largest absolute Gasteiger partial charge is 0.480 e. The Balaban J connectivity index is 2.70. The molecule has 88 valence electrons. The van der Waals surface area contributed by atoms with Crippen molar-refractivity contribution >= 4 is 5.97 Å². The van der Waals surface area contributed by atoms with Gasteiger partial charge in [-0.3, -0.25) is 4.79 Å². The maximum Gasteiger partial charge on any atom is 0.317 e. The zero-order valence-electron chi connectivity index (χ0n) is 10.1. The molecule has 0 bridgehead atoms. The van der Waals surface area contributed by atoms with Crippen molar-refractivity contribution in [3.8, 4) is 0 Å². The Bertz CT molecular complexity index is 372. The number of hydrogen-bond acceptors (Lipinski definition) is 2. The van der Waals surface area contributed by atoms with Crippen LogP contribution in [-0.4, -0.2) is 17.6 Å². The van der Waals surface area contributed by atoms with Crippen LogP contribution in [0.5, 0.6) is 0 Å². The second kappa shape index (κ2) is 5.66. The Morgan fingerprint density at radius 2 is 2.12 bits per heavy atom. The number of aliphatic carboxylic acids is 1. The number of hydrogen-bond donors (Lipinski definition) is 2. The molecule has 1 aromatic rings. The summed E-state index contributed by atoms with van der Waals surface area (Å²) in [6.45, 7) is 6.96. The average molecular weight is 221 g/mol. The van der Waals surface area contributed by atoms with Gasteiger partial charge in [0, 0.05) is 6.54 Å². The predicted octanol–water partition coefficient (Wildman–Crippen LogP) is 2.29. The Morgan fingerprint density at radius 1 is 1.44 bits per heavy atom. The lowest BCUT2D eigenvalue weighted by Gasteiger charge is -2.11. The molecule has 0 saturated heterocycles. The molecule has 3 nitrogen and oxygen atoms in total. The van der Waals surface area contributed by atoms with E-state index in [-0.39, 0.29) is 6.54 Å². The van der Waals surface area contributed by atoms with Gasteiger partial charge in [0.1, 0.15) is 0 Å². The van der Waals surface area contributed by atoms with E-state index in [4.69, 9.17) is 5.11 Å². The number of rotatable bonds is 5. The zero-order valence-corrected chi connectivity index (χ0v) is 10.1. The molecule has 0 aliphatic heterocycles. The van der Waals surface area contributed by atoms with Crippen molar-refractivity contribution in [1.29, 1.82) is 0 Å². The number of carboxylic acid groups (broad SMARTS) is 1. The van der Waals surface area contributed by atoms with E-state index >= 15 is 0 Å². The lowest BCUT2D eigenvalue weighted by molar-refractivity contribution is -0.135. The van der Waals surface area contributed by atoms with Crippen LogP contribution < -0.4 is 5.32 Å². The number of benzene rings is 1. The highest BCUT2D eigenvalue weighted by atomic mass is 16.4. The smallest absolute Gasteiger partial charge is 0.317 e. The second-order valence-electron chi connectivity index (χ2n) is 4.34.